The van der Waals surface area contributed by atoms with E-state index in [1.165, 1.54) is 25.6 Å². The van der Waals surface area contributed by atoms with Crippen molar-refractivity contribution in [1.82, 2.24) is 19.5 Å². The highest BCUT2D eigenvalue weighted by atomic mass is 32.1. The van der Waals surface area contributed by atoms with Gasteiger partial charge in [-0.2, -0.15) is 0 Å². The molecule has 0 fully saturated rings. The average molecular weight is 747 g/mol. The van der Waals surface area contributed by atoms with Crippen molar-refractivity contribution in [2.45, 2.75) is 0 Å². The normalized spacial score (nSPS) is 11.9. The van der Waals surface area contributed by atoms with E-state index in [9.17, 15) is 0 Å². The third kappa shape index (κ3) is 5.04. The zero-order valence-electron chi connectivity index (χ0n) is 30.4. The standard InChI is InChI=1S/C51H30N4OS/c1-3-13-31(14-4-1)32-15-11-16-33(29-32)49-52-50(34-25-26-38-37-20-8-10-24-44(37)57-45(38)30-34)54-51(53-49)40-21-12-23-42-46(40)47-43(56-42)28-27-39-36-19-7-9-22-41(36)55(48(39)47)35-17-5-2-6-18-35/h1-30H. The first-order valence-corrected chi connectivity index (χ1v) is 19.8. The van der Waals surface area contributed by atoms with Crippen molar-refractivity contribution in [3.8, 4) is 51.0 Å². The van der Waals surface area contributed by atoms with Gasteiger partial charge in [-0.3, -0.25) is 0 Å². The Bertz CT molecular complexity index is 3530. The highest BCUT2D eigenvalue weighted by Gasteiger charge is 2.23. The number of nitrogens with zero attached hydrogens (tertiary/aromatic N) is 4. The maximum Gasteiger partial charge on any atom is 0.164 e. The number of benzene rings is 8. The summed E-state index contributed by atoms with van der Waals surface area (Å²) >= 11 is 1.79. The minimum Gasteiger partial charge on any atom is -0.456 e. The Hall–Kier alpha value is -7.41. The molecule has 6 heteroatoms. The largest absolute Gasteiger partial charge is 0.456 e. The predicted molar refractivity (Wildman–Crippen MR) is 236 cm³/mol. The maximum absolute atomic E-state index is 6.70. The van der Waals surface area contributed by atoms with E-state index in [0.29, 0.717) is 17.5 Å². The summed E-state index contributed by atoms with van der Waals surface area (Å²) in [6.07, 6.45) is 0. The smallest absolute Gasteiger partial charge is 0.164 e. The molecule has 4 heterocycles. The van der Waals surface area contributed by atoms with Crippen LogP contribution in [0.4, 0.5) is 0 Å². The number of aromatic nitrogens is 4. The summed E-state index contributed by atoms with van der Waals surface area (Å²) < 4.78 is 11.5. The van der Waals surface area contributed by atoms with Crippen LogP contribution in [0.1, 0.15) is 0 Å². The van der Waals surface area contributed by atoms with E-state index in [4.69, 9.17) is 19.4 Å². The van der Waals surface area contributed by atoms with E-state index in [1.807, 2.05) is 18.2 Å². The van der Waals surface area contributed by atoms with Gasteiger partial charge < -0.3 is 8.98 Å². The molecule has 57 heavy (non-hydrogen) atoms. The molecule has 0 spiro atoms. The Morgan fingerprint density at radius 1 is 0.404 bits per heavy atom. The molecule has 0 amide bonds. The van der Waals surface area contributed by atoms with Crippen LogP contribution in [0, 0.1) is 0 Å². The second-order valence-corrected chi connectivity index (χ2v) is 15.4. The first-order chi connectivity index (χ1) is 28.2. The van der Waals surface area contributed by atoms with Crippen molar-refractivity contribution in [3.63, 3.8) is 0 Å². The molecule has 8 aromatic carbocycles. The van der Waals surface area contributed by atoms with Crippen LogP contribution in [0.5, 0.6) is 0 Å². The van der Waals surface area contributed by atoms with Gasteiger partial charge in [0.2, 0.25) is 0 Å². The summed E-state index contributed by atoms with van der Waals surface area (Å²) in [5, 5.41) is 6.84. The minimum atomic E-state index is 0.587. The third-order valence-electron chi connectivity index (χ3n) is 11.1. The molecule has 0 aliphatic carbocycles. The fourth-order valence-corrected chi connectivity index (χ4v) is 9.62. The van der Waals surface area contributed by atoms with Crippen LogP contribution >= 0.6 is 11.3 Å². The van der Waals surface area contributed by atoms with Gasteiger partial charge in [-0.15, -0.1) is 11.3 Å². The van der Waals surface area contributed by atoms with Crippen molar-refractivity contribution in [2.24, 2.45) is 0 Å². The van der Waals surface area contributed by atoms with Gasteiger partial charge in [0.05, 0.1) is 16.4 Å². The Balaban J connectivity index is 1.15. The van der Waals surface area contributed by atoms with E-state index in [2.05, 4.69) is 168 Å². The zero-order chi connectivity index (χ0) is 37.5. The van der Waals surface area contributed by atoms with Crippen molar-refractivity contribution in [1.29, 1.82) is 0 Å². The molecular formula is C51H30N4OS. The lowest BCUT2D eigenvalue weighted by atomic mass is 10.0. The van der Waals surface area contributed by atoms with E-state index in [-0.39, 0.29) is 0 Å². The molecule has 0 atom stereocenters. The van der Waals surface area contributed by atoms with Gasteiger partial charge in [-0.25, -0.2) is 15.0 Å². The molecular weight excluding hydrogens is 717 g/mol. The highest BCUT2D eigenvalue weighted by Crippen LogP contribution is 2.44. The summed E-state index contributed by atoms with van der Waals surface area (Å²) in [5.41, 5.74) is 9.88. The van der Waals surface area contributed by atoms with Gasteiger partial charge >= 0.3 is 0 Å². The summed E-state index contributed by atoms with van der Waals surface area (Å²) in [4.78, 5) is 15.8. The van der Waals surface area contributed by atoms with Crippen LogP contribution < -0.4 is 0 Å². The maximum atomic E-state index is 6.70. The predicted octanol–water partition coefficient (Wildman–Crippen LogP) is 13.9. The average Bonchev–Trinajstić information content (AvgIpc) is 3.96. The fraction of sp³-hybridized carbons (Fsp3) is 0. The molecule has 266 valence electrons. The number of fused-ring (bicyclic) bond motifs is 10. The van der Waals surface area contributed by atoms with E-state index >= 15 is 0 Å². The molecule has 4 aromatic heterocycles. The van der Waals surface area contributed by atoms with E-state index in [1.54, 1.807) is 11.3 Å². The number of furan rings is 1. The molecule has 0 N–H and O–H groups in total. The first kappa shape index (κ1) is 31.9. The molecule has 12 rings (SSSR count). The number of hydrogen-bond acceptors (Lipinski definition) is 5. The molecule has 0 saturated carbocycles. The van der Waals surface area contributed by atoms with Crippen LogP contribution in [-0.4, -0.2) is 19.5 Å². The topological polar surface area (TPSA) is 56.7 Å². The fourth-order valence-electron chi connectivity index (χ4n) is 8.48. The summed E-state index contributed by atoms with van der Waals surface area (Å²) in [6.45, 7) is 0. The second-order valence-electron chi connectivity index (χ2n) is 14.4. The lowest BCUT2D eigenvalue weighted by Crippen LogP contribution is -2.00. The number of thiophene rings is 1. The van der Waals surface area contributed by atoms with Gasteiger partial charge in [-0.05, 0) is 65.7 Å². The summed E-state index contributed by atoms with van der Waals surface area (Å²) in [5.74, 6) is 1.81. The van der Waals surface area contributed by atoms with Crippen molar-refractivity contribution >= 4 is 75.3 Å². The van der Waals surface area contributed by atoms with Crippen LogP contribution in [0.2, 0.25) is 0 Å². The van der Waals surface area contributed by atoms with Gasteiger partial charge in [0.15, 0.2) is 17.5 Å². The molecule has 12 aromatic rings. The van der Waals surface area contributed by atoms with Gasteiger partial charge in [0.1, 0.15) is 11.2 Å². The quantitative estimate of drug-likeness (QED) is 0.176. The van der Waals surface area contributed by atoms with E-state index in [0.717, 1.165) is 71.9 Å². The lowest BCUT2D eigenvalue weighted by Gasteiger charge is -2.11. The molecule has 0 saturated heterocycles. The number of rotatable bonds is 5. The van der Waals surface area contributed by atoms with Crippen molar-refractivity contribution in [3.05, 3.63) is 182 Å². The molecule has 5 nitrogen and oxygen atoms in total. The van der Waals surface area contributed by atoms with Crippen LogP contribution in [0.3, 0.4) is 0 Å². The Kier molecular flexibility index (Phi) is 7.03. The van der Waals surface area contributed by atoms with Gasteiger partial charge in [0, 0.05) is 58.7 Å². The zero-order valence-corrected chi connectivity index (χ0v) is 31.2. The van der Waals surface area contributed by atoms with Gasteiger partial charge in [-0.1, -0.05) is 127 Å². The molecule has 0 aliphatic rings. The SMILES string of the molecule is c1ccc(-c2cccc(-c3nc(-c4ccc5c(c4)sc4ccccc45)nc(-c4cccc5oc6ccc7c8ccccc8n(-c8ccccc8)c7c6c45)n3)c2)cc1. The summed E-state index contributed by atoms with van der Waals surface area (Å²) in [7, 11) is 0. The van der Waals surface area contributed by atoms with Crippen LogP contribution in [0.15, 0.2) is 186 Å². The first-order valence-electron chi connectivity index (χ1n) is 19.0. The van der Waals surface area contributed by atoms with E-state index < -0.39 is 0 Å². The third-order valence-corrected chi connectivity index (χ3v) is 12.2. The molecule has 0 bridgehead atoms. The Morgan fingerprint density at radius 3 is 1.89 bits per heavy atom. The molecule has 0 unspecified atom stereocenters. The van der Waals surface area contributed by atoms with Crippen molar-refractivity contribution < 1.29 is 4.42 Å². The molecule has 0 aliphatic heterocycles. The molecule has 0 radical (unpaired) electrons. The van der Waals surface area contributed by atoms with Crippen LogP contribution in [-0.2, 0) is 0 Å². The van der Waals surface area contributed by atoms with Gasteiger partial charge in [0.25, 0.3) is 0 Å². The Labute approximate surface area is 330 Å². The minimum absolute atomic E-state index is 0.587. The highest BCUT2D eigenvalue weighted by molar-refractivity contribution is 7.25. The second kappa shape index (κ2) is 12.6. The number of para-hydroxylation sites is 2. The van der Waals surface area contributed by atoms with Crippen LogP contribution in [0.25, 0.3) is 115 Å². The Morgan fingerprint density at radius 2 is 1.04 bits per heavy atom. The monoisotopic (exact) mass is 746 g/mol. The number of hydrogen-bond donors (Lipinski definition) is 0. The lowest BCUT2D eigenvalue weighted by molar-refractivity contribution is 0.669. The summed E-state index contributed by atoms with van der Waals surface area (Å²) in [6, 6.07) is 63.7. The van der Waals surface area contributed by atoms with Crippen molar-refractivity contribution in [2.75, 3.05) is 0 Å².